The average molecular weight is 288 g/mol. The SMILES string of the molecule is CNCC(=O)N(Cc1ccc2c(c1)CCO2)C1CCCC1. The lowest BCUT2D eigenvalue weighted by Gasteiger charge is -2.29. The van der Waals surface area contributed by atoms with Gasteiger partial charge in [-0.3, -0.25) is 4.79 Å². The van der Waals surface area contributed by atoms with Crippen LogP contribution < -0.4 is 10.1 Å². The monoisotopic (exact) mass is 288 g/mol. The van der Waals surface area contributed by atoms with Gasteiger partial charge in [-0.1, -0.05) is 25.0 Å². The highest BCUT2D eigenvalue weighted by Gasteiger charge is 2.26. The van der Waals surface area contributed by atoms with Crippen molar-refractivity contribution in [2.45, 2.75) is 44.7 Å². The van der Waals surface area contributed by atoms with Crippen molar-refractivity contribution < 1.29 is 9.53 Å². The van der Waals surface area contributed by atoms with Crippen molar-refractivity contribution in [2.24, 2.45) is 0 Å². The predicted molar refractivity (Wildman–Crippen MR) is 82.4 cm³/mol. The molecule has 4 heteroatoms. The van der Waals surface area contributed by atoms with Gasteiger partial charge in [-0.15, -0.1) is 0 Å². The minimum atomic E-state index is 0.209. The Balaban J connectivity index is 1.75. The topological polar surface area (TPSA) is 41.6 Å². The molecule has 2 aliphatic rings. The van der Waals surface area contributed by atoms with Gasteiger partial charge in [0.15, 0.2) is 0 Å². The van der Waals surface area contributed by atoms with Gasteiger partial charge in [0.1, 0.15) is 5.75 Å². The van der Waals surface area contributed by atoms with Crippen LogP contribution in [0.1, 0.15) is 36.8 Å². The molecule has 0 unspecified atom stereocenters. The molecular weight excluding hydrogens is 264 g/mol. The molecule has 0 bridgehead atoms. The molecule has 4 nitrogen and oxygen atoms in total. The summed E-state index contributed by atoms with van der Waals surface area (Å²) in [6.07, 6.45) is 5.75. The molecule has 1 aromatic rings. The molecule has 0 radical (unpaired) electrons. The molecule has 0 saturated heterocycles. The first-order chi connectivity index (χ1) is 10.3. The maximum atomic E-state index is 12.4. The third-order valence-corrected chi connectivity index (χ3v) is 4.52. The zero-order chi connectivity index (χ0) is 14.7. The van der Waals surface area contributed by atoms with Gasteiger partial charge in [0.05, 0.1) is 13.2 Å². The highest BCUT2D eigenvalue weighted by atomic mass is 16.5. The zero-order valence-electron chi connectivity index (χ0n) is 12.7. The van der Waals surface area contributed by atoms with Crippen LogP contribution in [0.25, 0.3) is 0 Å². The number of likely N-dealkylation sites (N-methyl/N-ethyl adjacent to an activating group) is 1. The number of carbonyl (C=O) groups excluding carboxylic acids is 1. The Bertz CT molecular complexity index is 510. The summed E-state index contributed by atoms with van der Waals surface area (Å²) >= 11 is 0. The Hall–Kier alpha value is -1.55. The zero-order valence-corrected chi connectivity index (χ0v) is 12.7. The van der Waals surface area contributed by atoms with Crippen molar-refractivity contribution in [1.29, 1.82) is 0 Å². The lowest BCUT2D eigenvalue weighted by Crippen LogP contribution is -2.42. The van der Waals surface area contributed by atoms with Gasteiger partial charge in [0, 0.05) is 19.0 Å². The summed E-state index contributed by atoms with van der Waals surface area (Å²) in [5.41, 5.74) is 2.50. The third kappa shape index (κ3) is 3.21. The summed E-state index contributed by atoms with van der Waals surface area (Å²) in [5, 5.41) is 2.99. The van der Waals surface area contributed by atoms with E-state index in [0.717, 1.165) is 38.2 Å². The first-order valence-corrected chi connectivity index (χ1v) is 7.96. The van der Waals surface area contributed by atoms with E-state index in [1.54, 1.807) is 0 Å². The van der Waals surface area contributed by atoms with Crippen molar-refractivity contribution in [3.05, 3.63) is 29.3 Å². The summed E-state index contributed by atoms with van der Waals surface area (Å²) in [4.78, 5) is 14.5. The molecule has 1 aromatic carbocycles. The molecular formula is C17H24N2O2. The van der Waals surface area contributed by atoms with Gasteiger partial charge in [-0.2, -0.15) is 0 Å². The number of amides is 1. The highest BCUT2D eigenvalue weighted by molar-refractivity contribution is 5.78. The molecule has 1 aliphatic carbocycles. The highest BCUT2D eigenvalue weighted by Crippen LogP contribution is 2.28. The fourth-order valence-corrected chi connectivity index (χ4v) is 3.42. The molecule has 0 atom stereocenters. The molecule has 1 amide bonds. The summed E-state index contributed by atoms with van der Waals surface area (Å²) in [5.74, 6) is 1.22. The summed E-state index contributed by atoms with van der Waals surface area (Å²) < 4.78 is 5.55. The van der Waals surface area contributed by atoms with Gasteiger partial charge in [0.2, 0.25) is 5.91 Å². The summed E-state index contributed by atoms with van der Waals surface area (Å²) in [7, 11) is 1.83. The van der Waals surface area contributed by atoms with Crippen LogP contribution in [0, 0.1) is 0 Å². The minimum absolute atomic E-state index is 0.209. The number of benzene rings is 1. The van der Waals surface area contributed by atoms with E-state index in [2.05, 4.69) is 22.3 Å². The quantitative estimate of drug-likeness (QED) is 0.902. The lowest BCUT2D eigenvalue weighted by molar-refractivity contribution is -0.133. The first kappa shape index (κ1) is 14.4. The van der Waals surface area contributed by atoms with Crippen LogP contribution in [0.4, 0.5) is 0 Å². The van der Waals surface area contributed by atoms with Gasteiger partial charge in [-0.05, 0) is 37.1 Å². The Labute approximate surface area is 126 Å². The molecule has 1 fully saturated rings. The van der Waals surface area contributed by atoms with E-state index in [9.17, 15) is 4.79 Å². The molecule has 0 spiro atoms. The fourth-order valence-electron chi connectivity index (χ4n) is 3.42. The van der Waals surface area contributed by atoms with Crippen molar-refractivity contribution >= 4 is 5.91 Å². The summed E-state index contributed by atoms with van der Waals surface area (Å²) in [6.45, 7) is 1.92. The Morgan fingerprint density at radius 3 is 2.95 bits per heavy atom. The smallest absolute Gasteiger partial charge is 0.237 e. The number of rotatable bonds is 5. The van der Waals surface area contributed by atoms with E-state index in [-0.39, 0.29) is 5.91 Å². The lowest BCUT2D eigenvalue weighted by atomic mass is 10.1. The molecule has 21 heavy (non-hydrogen) atoms. The molecule has 1 N–H and O–H groups in total. The van der Waals surface area contributed by atoms with Crippen LogP contribution in [0.5, 0.6) is 5.75 Å². The fraction of sp³-hybridized carbons (Fsp3) is 0.588. The van der Waals surface area contributed by atoms with E-state index in [1.165, 1.54) is 24.0 Å². The van der Waals surface area contributed by atoms with Gasteiger partial charge in [0.25, 0.3) is 0 Å². The second-order valence-corrected chi connectivity index (χ2v) is 6.03. The standard InChI is InChI=1S/C17H24N2O2/c1-18-11-17(20)19(15-4-2-3-5-15)12-13-6-7-16-14(10-13)8-9-21-16/h6-7,10,15,18H,2-5,8-9,11-12H2,1H3. The number of nitrogens with zero attached hydrogens (tertiary/aromatic N) is 1. The third-order valence-electron chi connectivity index (χ3n) is 4.52. The number of hydrogen-bond acceptors (Lipinski definition) is 3. The number of fused-ring (bicyclic) bond motifs is 1. The maximum Gasteiger partial charge on any atom is 0.237 e. The Morgan fingerprint density at radius 1 is 1.38 bits per heavy atom. The molecule has 0 aromatic heterocycles. The van der Waals surface area contributed by atoms with Crippen molar-refractivity contribution in [1.82, 2.24) is 10.2 Å². The van der Waals surface area contributed by atoms with Crippen LogP contribution in [0.3, 0.4) is 0 Å². The van der Waals surface area contributed by atoms with E-state index < -0.39 is 0 Å². The Kier molecular flexibility index (Phi) is 4.44. The van der Waals surface area contributed by atoms with Gasteiger partial charge < -0.3 is 15.0 Å². The van der Waals surface area contributed by atoms with Crippen molar-refractivity contribution in [2.75, 3.05) is 20.2 Å². The second kappa shape index (κ2) is 6.48. The summed E-state index contributed by atoms with van der Waals surface area (Å²) in [6, 6.07) is 6.76. The van der Waals surface area contributed by atoms with E-state index in [1.807, 2.05) is 13.1 Å². The largest absolute Gasteiger partial charge is 0.493 e. The molecule has 1 saturated carbocycles. The van der Waals surface area contributed by atoms with Crippen LogP contribution in [-0.2, 0) is 17.8 Å². The van der Waals surface area contributed by atoms with Crippen LogP contribution in [0.2, 0.25) is 0 Å². The van der Waals surface area contributed by atoms with Gasteiger partial charge >= 0.3 is 0 Å². The van der Waals surface area contributed by atoms with Crippen LogP contribution in [-0.4, -0.2) is 37.0 Å². The van der Waals surface area contributed by atoms with E-state index in [0.29, 0.717) is 12.6 Å². The molecule has 114 valence electrons. The van der Waals surface area contributed by atoms with E-state index in [4.69, 9.17) is 4.74 Å². The first-order valence-electron chi connectivity index (χ1n) is 7.96. The predicted octanol–water partition coefficient (Wildman–Crippen LogP) is 2.11. The molecule has 1 aliphatic heterocycles. The van der Waals surface area contributed by atoms with Crippen molar-refractivity contribution in [3.63, 3.8) is 0 Å². The number of carbonyl (C=O) groups is 1. The Morgan fingerprint density at radius 2 is 2.19 bits per heavy atom. The second-order valence-electron chi connectivity index (χ2n) is 6.03. The van der Waals surface area contributed by atoms with Crippen LogP contribution >= 0.6 is 0 Å². The number of ether oxygens (including phenoxy) is 1. The van der Waals surface area contributed by atoms with Gasteiger partial charge in [-0.25, -0.2) is 0 Å². The normalized spacial score (nSPS) is 17.6. The van der Waals surface area contributed by atoms with Crippen LogP contribution in [0.15, 0.2) is 18.2 Å². The molecule has 1 heterocycles. The number of hydrogen-bond donors (Lipinski definition) is 1. The molecule has 3 rings (SSSR count). The van der Waals surface area contributed by atoms with Crippen molar-refractivity contribution in [3.8, 4) is 5.75 Å². The van der Waals surface area contributed by atoms with E-state index >= 15 is 0 Å². The number of nitrogens with one attached hydrogen (secondary N) is 1. The average Bonchev–Trinajstić information content (AvgIpc) is 3.15. The maximum absolute atomic E-state index is 12.4. The minimum Gasteiger partial charge on any atom is -0.493 e.